The molecule has 0 fully saturated rings. The minimum Gasteiger partial charge on any atom is -0.456 e. The Morgan fingerprint density at radius 3 is 1.64 bits per heavy atom. The SMILES string of the molecule is [2H]c1c([2H])c([2H])c(-c2c([2H])c([2H])c([2H])c([2H])c2-c2c3ccccc3c(-c3c(-c4ccccc4)c([2H])c([2H])c4oc5c([2H])c([2H])c([2H])c([2H])c5c34)c3ccccc23)c([2H])c1[2H]. The van der Waals surface area contributed by atoms with Crippen molar-refractivity contribution in [3.63, 3.8) is 0 Å². The Morgan fingerprint density at radius 2 is 0.933 bits per heavy atom. The van der Waals surface area contributed by atoms with Crippen molar-refractivity contribution in [2.24, 2.45) is 0 Å². The normalized spacial score (nSPS) is 16.2. The molecule has 8 aromatic carbocycles. The lowest BCUT2D eigenvalue weighted by molar-refractivity contribution is 0.669. The largest absolute Gasteiger partial charge is 0.456 e. The van der Waals surface area contributed by atoms with E-state index in [0.717, 1.165) is 0 Å². The lowest BCUT2D eigenvalue weighted by Crippen LogP contribution is -1.94. The number of para-hydroxylation sites is 1. The Balaban J connectivity index is 1.57. The minimum absolute atomic E-state index is 0.00886. The van der Waals surface area contributed by atoms with E-state index in [1.54, 1.807) is 78.9 Å². The van der Waals surface area contributed by atoms with Crippen LogP contribution >= 0.6 is 0 Å². The van der Waals surface area contributed by atoms with Gasteiger partial charge < -0.3 is 4.42 Å². The molecule has 0 aliphatic heterocycles. The van der Waals surface area contributed by atoms with Crippen LogP contribution in [0.2, 0.25) is 0 Å². The van der Waals surface area contributed by atoms with Crippen molar-refractivity contribution in [3.05, 3.63) is 169 Å². The molecule has 0 spiro atoms. The van der Waals surface area contributed by atoms with Gasteiger partial charge in [0.15, 0.2) is 0 Å². The summed E-state index contributed by atoms with van der Waals surface area (Å²) >= 11 is 0. The van der Waals surface area contributed by atoms with Crippen LogP contribution in [0.5, 0.6) is 0 Å². The van der Waals surface area contributed by atoms with Crippen LogP contribution in [0.1, 0.15) is 20.6 Å². The summed E-state index contributed by atoms with van der Waals surface area (Å²) in [6, 6.07) is 14.6. The van der Waals surface area contributed by atoms with Crippen LogP contribution in [0.25, 0.3) is 88.0 Å². The van der Waals surface area contributed by atoms with E-state index in [1.165, 1.54) is 0 Å². The highest BCUT2D eigenvalue weighted by atomic mass is 16.3. The first-order chi connectivity index (χ1) is 28.6. The highest BCUT2D eigenvalue weighted by molar-refractivity contribution is 6.28. The van der Waals surface area contributed by atoms with Gasteiger partial charge in [-0.3, -0.25) is 0 Å². The van der Waals surface area contributed by atoms with Gasteiger partial charge in [-0.25, -0.2) is 0 Å². The fourth-order valence-corrected chi connectivity index (χ4v) is 6.25. The average molecular weight is 588 g/mol. The van der Waals surface area contributed by atoms with Gasteiger partial charge in [-0.05, 0) is 72.6 Å². The van der Waals surface area contributed by atoms with Crippen molar-refractivity contribution in [2.75, 3.05) is 0 Å². The molecule has 0 aliphatic carbocycles. The average Bonchev–Trinajstić information content (AvgIpc) is 3.67. The summed E-state index contributed by atoms with van der Waals surface area (Å²) in [4.78, 5) is 0. The van der Waals surface area contributed by atoms with Gasteiger partial charge in [-0.2, -0.15) is 0 Å². The summed E-state index contributed by atoms with van der Waals surface area (Å²) in [6.07, 6.45) is 0. The molecule has 0 saturated carbocycles. The zero-order valence-electron chi connectivity index (χ0n) is 38.4. The highest BCUT2D eigenvalue weighted by Gasteiger charge is 2.24. The third-order valence-electron chi connectivity index (χ3n) is 8.07. The molecule has 1 aromatic heterocycles. The number of hydrogen-bond donors (Lipinski definition) is 0. The van der Waals surface area contributed by atoms with Crippen molar-refractivity contribution in [3.8, 4) is 44.5 Å². The van der Waals surface area contributed by atoms with Crippen LogP contribution in [0.4, 0.5) is 0 Å². The zero-order valence-corrected chi connectivity index (χ0v) is 23.4. The van der Waals surface area contributed by atoms with Crippen molar-refractivity contribution in [1.82, 2.24) is 0 Å². The van der Waals surface area contributed by atoms with Gasteiger partial charge in [-0.15, -0.1) is 0 Å². The Kier molecular flexibility index (Phi) is 3.39. The number of furan rings is 1. The lowest BCUT2D eigenvalue weighted by atomic mass is 9.81. The fourth-order valence-electron chi connectivity index (χ4n) is 6.25. The summed E-state index contributed by atoms with van der Waals surface area (Å²) in [6.45, 7) is 0. The molecule has 0 bridgehead atoms. The van der Waals surface area contributed by atoms with E-state index in [-0.39, 0.29) is 56.3 Å². The van der Waals surface area contributed by atoms with Gasteiger partial charge in [0.2, 0.25) is 0 Å². The number of fused-ring (bicyclic) bond motifs is 5. The second kappa shape index (κ2) is 10.4. The lowest BCUT2D eigenvalue weighted by Gasteiger charge is -2.21. The molecule has 1 heteroatoms. The van der Waals surface area contributed by atoms with Crippen LogP contribution in [0.3, 0.4) is 0 Å². The molecule has 0 aliphatic rings. The van der Waals surface area contributed by atoms with Gasteiger partial charge in [0.05, 0.1) is 20.6 Å². The van der Waals surface area contributed by atoms with Gasteiger partial charge in [0, 0.05) is 16.3 Å². The third-order valence-corrected chi connectivity index (χ3v) is 8.07. The van der Waals surface area contributed by atoms with E-state index in [0.29, 0.717) is 38.2 Å². The monoisotopic (exact) mass is 587 g/mol. The maximum Gasteiger partial charge on any atom is 0.136 e. The quantitative estimate of drug-likeness (QED) is 0.187. The Labute approximate surface area is 282 Å². The minimum atomic E-state index is -0.679. The molecule has 0 amide bonds. The van der Waals surface area contributed by atoms with E-state index >= 15 is 0 Å². The van der Waals surface area contributed by atoms with Crippen LogP contribution in [0, 0.1) is 0 Å². The zero-order chi connectivity index (χ0) is 42.8. The van der Waals surface area contributed by atoms with Crippen LogP contribution < -0.4 is 0 Å². The molecule has 0 radical (unpaired) electrons. The molecular formula is C44H28O. The molecule has 0 unspecified atom stereocenters. The number of hydrogen-bond acceptors (Lipinski definition) is 1. The maximum atomic E-state index is 9.49. The summed E-state index contributed by atoms with van der Waals surface area (Å²) < 4.78 is 139. The Hall–Kier alpha value is -5.92. The summed E-state index contributed by atoms with van der Waals surface area (Å²) in [5.41, 5.74) is 0.709. The predicted molar refractivity (Wildman–Crippen MR) is 190 cm³/mol. The molecule has 9 rings (SSSR count). The molecule has 0 N–H and O–H groups in total. The van der Waals surface area contributed by atoms with Crippen LogP contribution in [-0.2, 0) is 0 Å². The summed E-state index contributed by atoms with van der Waals surface area (Å²) in [5, 5.41) is 1.94. The van der Waals surface area contributed by atoms with Gasteiger partial charge in [-0.1, -0.05) is 157 Å². The van der Waals surface area contributed by atoms with Crippen LogP contribution in [0.15, 0.2) is 174 Å². The molecule has 210 valence electrons. The smallest absolute Gasteiger partial charge is 0.136 e. The standard InChI is InChI=1S/C44H28O/c1-3-15-29(16-4-1)31-19-7-8-20-33(31)41-34-21-9-11-23-36(34)42(37-24-12-10-22-35(37)41)44-32(30-17-5-2-6-18-30)27-28-40-43(44)38-25-13-14-26-39(38)45-40/h1-28H/i1D,3D,4D,7D,8D,13D,14D,15D,16D,19D,20D,25D,26D,27D,28D. The highest BCUT2D eigenvalue weighted by Crippen LogP contribution is 2.50. The fraction of sp³-hybridized carbons (Fsp3) is 0. The topological polar surface area (TPSA) is 13.1 Å². The van der Waals surface area contributed by atoms with E-state index in [1.807, 2.05) is 0 Å². The van der Waals surface area contributed by atoms with E-state index in [9.17, 15) is 5.48 Å². The third kappa shape index (κ3) is 4.02. The second-order valence-electron chi connectivity index (χ2n) is 10.5. The molecule has 0 saturated heterocycles. The molecule has 1 nitrogen and oxygen atoms in total. The molecular weight excluding hydrogens is 544 g/mol. The van der Waals surface area contributed by atoms with Gasteiger partial charge >= 0.3 is 0 Å². The first kappa shape index (κ1) is 14.7. The Morgan fingerprint density at radius 1 is 0.356 bits per heavy atom. The summed E-state index contributed by atoms with van der Waals surface area (Å²) in [7, 11) is 0. The van der Waals surface area contributed by atoms with Gasteiger partial charge in [0.25, 0.3) is 0 Å². The van der Waals surface area contributed by atoms with Crippen molar-refractivity contribution in [1.29, 1.82) is 0 Å². The maximum absolute atomic E-state index is 9.49. The van der Waals surface area contributed by atoms with E-state index < -0.39 is 84.1 Å². The van der Waals surface area contributed by atoms with Crippen LogP contribution in [-0.4, -0.2) is 0 Å². The summed E-state index contributed by atoms with van der Waals surface area (Å²) in [5.74, 6) is 0. The Bertz CT molecular complexity index is 3290. The van der Waals surface area contributed by atoms with Crippen molar-refractivity contribution in [2.45, 2.75) is 0 Å². The first-order valence-corrected chi connectivity index (χ1v) is 14.2. The van der Waals surface area contributed by atoms with E-state index in [2.05, 4.69) is 0 Å². The molecule has 45 heavy (non-hydrogen) atoms. The molecule has 1 heterocycles. The first-order valence-electron chi connectivity index (χ1n) is 21.7. The molecule has 0 atom stereocenters. The predicted octanol–water partition coefficient (Wildman–Crippen LogP) is 12.6. The van der Waals surface area contributed by atoms with Crippen molar-refractivity contribution >= 4 is 43.5 Å². The van der Waals surface area contributed by atoms with Crippen molar-refractivity contribution < 1.29 is 25.0 Å². The van der Waals surface area contributed by atoms with Gasteiger partial charge in [0.1, 0.15) is 11.2 Å². The number of benzene rings is 8. The molecule has 9 aromatic rings. The number of rotatable bonds is 4. The van der Waals surface area contributed by atoms with E-state index in [4.69, 9.17) is 19.5 Å². The second-order valence-corrected chi connectivity index (χ2v) is 10.5.